The molecular formula is C26H21BrIN3O2. The number of carbonyl (C=O) groups excluding carboxylic acids is 1. The fourth-order valence-electron chi connectivity index (χ4n) is 3.34. The van der Waals surface area contributed by atoms with E-state index in [0.717, 1.165) is 30.5 Å². The lowest BCUT2D eigenvalue weighted by Gasteiger charge is -2.11. The molecule has 33 heavy (non-hydrogen) atoms. The maximum absolute atomic E-state index is 12.1. The first-order valence-corrected chi connectivity index (χ1v) is 12.1. The standard InChI is InChI=1S/C26H21BrIN3O2/c1-17-13-21(10-11-23(17)27)30-26(32)31-29-15-18-9-12-25(24(28)14-18)33-16-20-7-4-6-19-5-2-3-8-22(19)20/h2-15H,16H2,1H3,(H2,30,31,32)/b29-15+. The van der Waals surface area contributed by atoms with Crippen LogP contribution in [0.15, 0.2) is 88.4 Å². The average molecular weight is 614 g/mol. The number of halogens is 2. The molecule has 0 radical (unpaired) electrons. The number of ether oxygens (including phenoxy) is 1. The number of urea groups is 1. The Bertz CT molecular complexity index is 1340. The number of carbonyl (C=O) groups is 1. The molecule has 166 valence electrons. The topological polar surface area (TPSA) is 62.7 Å². The fourth-order valence-corrected chi connectivity index (χ4v) is 4.28. The molecule has 0 aliphatic rings. The molecule has 7 heteroatoms. The molecule has 0 bridgehead atoms. The number of nitrogens with zero attached hydrogens (tertiary/aromatic N) is 1. The molecule has 0 aliphatic carbocycles. The van der Waals surface area contributed by atoms with Crippen LogP contribution in [0.25, 0.3) is 10.8 Å². The molecule has 4 aromatic carbocycles. The summed E-state index contributed by atoms with van der Waals surface area (Å²) < 4.78 is 8.03. The second-order valence-electron chi connectivity index (χ2n) is 7.40. The fraction of sp³-hybridized carbons (Fsp3) is 0.0769. The van der Waals surface area contributed by atoms with Crippen molar-refractivity contribution in [2.45, 2.75) is 13.5 Å². The number of hydrogen-bond acceptors (Lipinski definition) is 3. The highest BCUT2D eigenvalue weighted by atomic mass is 127. The predicted octanol–water partition coefficient (Wildman–Crippen LogP) is 7.25. The van der Waals surface area contributed by atoms with Crippen molar-refractivity contribution in [3.63, 3.8) is 0 Å². The summed E-state index contributed by atoms with van der Waals surface area (Å²) in [6.07, 6.45) is 1.60. The summed E-state index contributed by atoms with van der Waals surface area (Å²) in [5, 5.41) is 9.19. The lowest BCUT2D eigenvalue weighted by atomic mass is 10.1. The van der Waals surface area contributed by atoms with Gasteiger partial charge < -0.3 is 10.1 Å². The van der Waals surface area contributed by atoms with Gasteiger partial charge in [0.05, 0.1) is 9.78 Å². The first-order valence-electron chi connectivity index (χ1n) is 10.2. The van der Waals surface area contributed by atoms with Crippen molar-refractivity contribution in [2.75, 3.05) is 5.32 Å². The van der Waals surface area contributed by atoms with Crippen molar-refractivity contribution < 1.29 is 9.53 Å². The van der Waals surface area contributed by atoms with Crippen LogP contribution in [0.5, 0.6) is 5.75 Å². The molecule has 4 aromatic rings. The molecule has 5 nitrogen and oxygen atoms in total. The SMILES string of the molecule is Cc1cc(NC(=O)N/N=C/c2ccc(OCc3cccc4ccccc34)c(I)c2)ccc1Br. The van der Waals surface area contributed by atoms with E-state index in [1.165, 1.54) is 10.8 Å². The highest BCUT2D eigenvalue weighted by molar-refractivity contribution is 14.1. The molecule has 2 amide bonds. The van der Waals surface area contributed by atoms with E-state index >= 15 is 0 Å². The molecule has 0 atom stereocenters. The second-order valence-corrected chi connectivity index (χ2v) is 9.42. The van der Waals surface area contributed by atoms with E-state index in [1.807, 2.05) is 61.5 Å². The van der Waals surface area contributed by atoms with Crippen LogP contribution in [0, 0.1) is 10.5 Å². The number of hydrazone groups is 1. The zero-order valence-corrected chi connectivity index (χ0v) is 21.6. The van der Waals surface area contributed by atoms with Crippen LogP contribution in [0.4, 0.5) is 10.5 Å². The number of hydrogen-bond donors (Lipinski definition) is 2. The number of fused-ring (bicyclic) bond motifs is 1. The van der Waals surface area contributed by atoms with E-state index < -0.39 is 6.03 Å². The van der Waals surface area contributed by atoms with Crippen LogP contribution in [0.2, 0.25) is 0 Å². The quantitative estimate of drug-likeness (QED) is 0.137. The third-order valence-corrected chi connectivity index (χ3v) is 6.75. The Morgan fingerprint density at radius 1 is 1.06 bits per heavy atom. The summed E-state index contributed by atoms with van der Waals surface area (Å²) in [5.41, 5.74) is 6.22. The monoisotopic (exact) mass is 613 g/mol. The Kier molecular flexibility index (Phi) is 7.61. The van der Waals surface area contributed by atoms with Crippen LogP contribution >= 0.6 is 38.5 Å². The molecule has 0 aliphatic heterocycles. The molecule has 0 aromatic heterocycles. The summed E-state index contributed by atoms with van der Waals surface area (Å²) in [6.45, 7) is 2.45. The van der Waals surface area contributed by atoms with Gasteiger partial charge in [-0.1, -0.05) is 58.4 Å². The van der Waals surface area contributed by atoms with Gasteiger partial charge in [-0.15, -0.1) is 0 Å². The van der Waals surface area contributed by atoms with Gasteiger partial charge >= 0.3 is 6.03 Å². The first-order chi connectivity index (χ1) is 16.0. The maximum atomic E-state index is 12.1. The van der Waals surface area contributed by atoms with E-state index in [4.69, 9.17) is 4.74 Å². The highest BCUT2D eigenvalue weighted by Gasteiger charge is 2.06. The Morgan fingerprint density at radius 2 is 1.88 bits per heavy atom. The summed E-state index contributed by atoms with van der Waals surface area (Å²) in [6, 6.07) is 25.5. The Labute approximate surface area is 214 Å². The van der Waals surface area contributed by atoms with Crippen molar-refractivity contribution >= 4 is 67.2 Å². The van der Waals surface area contributed by atoms with Crippen LogP contribution in [0.1, 0.15) is 16.7 Å². The smallest absolute Gasteiger partial charge is 0.339 e. The number of amides is 2. The molecule has 0 saturated heterocycles. The number of benzene rings is 4. The molecule has 0 saturated carbocycles. The largest absolute Gasteiger partial charge is 0.488 e. The number of nitrogens with one attached hydrogen (secondary N) is 2. The minimum absolute atomic E-state index is 0.405. The molecular weight excluding hydrogens is 593 g/mol. The minimum atomic E-state index is -0.405. The van der Waals surface area contributed by atoms with Gasteiger partial charge in [0, 0.05) is 10.2 Å². The second kappa shape index (κ2) is 10.8. The van der Waals surface area contributed by atoms with Gasteiger partial charge in [-0.2, -0.15) is 5.10 Å². The van der Waals surface area contributed by atoms with Crippen molar-refractivity contribution in [3.05, 3.63) is 104 Å². The van der Waals surface area contributed by atoms with Crippen molar-refractivity contribution in [1.29, 1.82) is 0 Å². The Balaban J connectivity index is 1.34. The van der Waals surface area contributed by atoms with Gasteiger partial charge in [0.1, 0.15) is 12.4 Å². The van der Waals surface area contributed by atoms with E-state index in [0.29, 0.717) is 12.3 Å². The first kappa shape index (κ1) is 23.3. The zero-order valence-electron chi connectivity index (χ0n) is 17.8. The van der Waals surface area contributed by atoms with Gasteiger partial charge in [0.2, 0.25) is 0 Å². The third kappa shape index (κ3) is 6.11. The van der Waals surface area contributed by atoms with Gasteiger partial charge in [-0.25, -0.2) is 10.2 Å². The van der Waals surface area contributed by atoms with Gasteiger partial charge in [0.15, 0.2) is 0 Å². The Morgan fingerprint density at radius 3 is 2.70 bits per heavy atom. The van der Waals surface area contributed by atoms with E-state index in [9.17, 15) is 4.79 Å². The highest BCUT2D eigenvalue weighted by Crippen LogP contribution is 2.25. The molecule has 4 rings (SSSR count). The van der Waals surface area contributed by atoms with Crippen LogP contribution in [0.3, 0.4) is 0 Å². The minimum Gasteiger partial charge on any atom is -0.488 e. The third-order valence-electron chi connectivity index (χ3n) is 5.01. The lowest BCUT2D eigenvalue weighted by molar-refractivity contribution is 0.252. The summed E-state index contributed by atoms with van der Waals surface area (Å²) in [7, 11) is 0. The zero-order chi connectivity index (χ0) is 23.2. The molecule has 2 N–H and O–H groups in total. The van der Waals surface area contributed by atoms with Crippen molar-refractivity contribution in [2.24, 2.45) is 5.10 Å². The summed E-state index contributed by atoms with van der Waals surface area (Å²) in [5.74, 6) is 0.803. The van der Waals surface area contributed by atoms with Crippen molar-refractivity contribution in [3.8, 4) is 5.75 Å². The lowest BCUT2D eigenvalue weighted by Crippen LogP contribution is -2.24. The van der Waals surface area contributed by atoms with E-state index in [1.54, 1.807) is 6.21 Å². The molecule has 0 spiro atoms. The summed E-state index contributed by atoms with van der Waals surface area (Å²) in [4.78, 5) is 12.1. The van der Waals surface area contributed by atoms with Gasteiger partial charge in [-0.3, -0.25) is 0 Å². The molecule has 0 heterocycles. The van der Waals surface area contributed by atoms with E-state index in [2.05, 4.69) is 78.6 Å². The predicted molar refractivity (Wildman–Crippen MR) is 146 cm³/mol. The number of aryl methyl sites for hydroxylation is 1. The van der Waals surface area contributed by atoms with Gasteiger partial charge in [-0.05, 0) is 93.4 Å². The van der Waals surface area contributed by atoms with Crippen LogP contribution in [-0.2, 0) is 6.61 Å². The van der Waals surface area contributed by atoms with Crippen LogP contribution in [-0.4, -0.2) is 12.2 Å². The maximum Gasteiger partial charge on any atom is 0.339 e. The van der Waals surface area contributed by atoms with Crippen LogP contribution < -0.4 is 15.5 Å². The van der Waals surface area contributed by atoms with E-state index in [-0.39, 0.29) is 0 Å². The molecule has 0 fully saturated rings. The number of rotatable bonds is 6. The number of anilines is 1. The Hall–Kier alpha value is -2.91. The average Bonchev–Trinajstić information content (AvgIpc) is 2.81. The normalized spacial score (nSPS) is 11.0. The molecule has 0 unspecified atom stereocenters. The summed E-state index contributed by atoms with van der Waals surface area (Å²) >= 11 is 5.69. The van der Waals surface area contributed by atoms with Gasteiger partial charge in [0.25, 0.3) is 0 Å². The van der Waals surface area contributed by atoms with Crippen molar-refractivity contribution in [1.82, 2.24) is 5.43 Å².